The first-order valence-corrected chi connectivity index (χ1v) is 7.11. The van der Waals surface area contributed by atoms with Crippen molar-refractivity contribution in [2.45, 2.75) is 25.8 Å². The number of hydrogen-bond acceptors (Lipinski definition) is 2. The van der Waals surface area contributed by atoms with Crippen molar-refractivity contribution >= 4 is 17.3 Å². The summed E-state index contributed by atoms with van der Waals surface area (Å²) < 4.78 is 0. The Morgan fingerprint density at radius 3 is 2.90 bits per heavy atom. The largest absolute Gasteiger partial charge is 0.377 e. The van der Waals surface area contributed by atoms with Crippen LogP contribution in [0.5, 0.6) is 0 Å². The fraction of sp³-hybridized carbons (Fsp3) is 0.235. The van der Waals surface area contributed by atoms with Gasteiger partial charge in [0.15, 0.2) is 0 Å². The summed E-state index contributed by atoms with van der Waals surface area (Å²) in [5.74, 6) is 0. The van der Waals surface area contributed by atoms with Gasteiger partial charge in [-0.15, -0.1) is 0 Å². The van der Waals surface area contributed by atoms with E-state index in [2.05, 4.69) is 36.5 Å². The third-order valence-electron chi connectivity index (χ3n) is 3.81. The minimum atomic E-state index is 0.260. The average molecular weight is 283 g/mol. The van der Waals surface area contributed by atoms with Gasteiger partial charge in [0.2, 0.25) is 0 Å². The number of rotatable bonds is 2. The lowest BCUT2D eigenvalue weighted by molar-refractivity contribution is 0.761. The van der Waals surface area contributed by atoms with Crippen LogP contribution in [0.1, 0.15) is 34.7 Å². The average Bonchev–Trinajstić information content (AvgIpc) is 2.82. The summed E-state index contributed by atoms with van der Waals surface area (Å²) in [4.78, 5) is 0. The number of aryl methyl sites for hydroxylation is 2. The molecule has 0 aliphatic heterocycles. The van der Waals surface area contributed by atoms with Crippen LogP contribution < -0.4 is 5.32 Å². The van der Waals surface area contributed by atoms with Crippen molar-refractivity contribution in [2.24, 2.45) is 0 Å². The van der Waals surface area contributed by atoms with Crippen LogP contribution in [-0.4, -0.2) is 0 Å². The van der Waals surface area contributed by atoms with Gasteiger partial charge in [-0.25, -0.2) is 0 Å². The number of fused-ring (bicyclic) bond motifs is 1. The zero-order valence-corrected chi connectivity index (χ0v) is 12.0. The first kappa shape index (κ1) is 13.0. The van der Waals surface area contributed by atoms with Crippen molar-refractivity contribution in [3.8, 4) is 6.07 Å². The second-order valence-electron chi connectivity index (χ2n) is 5.24. The van der Waals surface area contributed by atoms with E-state index in [0.29, 0.717) is 10.6 Å². The van der Waals surface area contributed by atoms with Crippen LogP contribution in [0, 0.1) is 18.3 Å². The van der Waals surface area contributed by atoms with Gasteiger partial charge in [0.05, 0.1) is 17.3 Å². The third-order valence-corrected chi connectivity index (χ3v) is 4.05. The third kappa shape index (κ3) is 2.37. The van der Waals surface area contributed by atoms with Gasteiger partial charge in [0, 0.05) is 5.02 Å². The highest BCUT2D eigenvalue weighted by Gasteiger charge is 2.23. The molecule has 1 aliphatic rings. The monoisotopic (exact) mass is 282 g/mol. The van der Waals surface area contributed by atoms with Crippen LogP contribution in [0.2, 0.25) is 5.02 Å². The van der Waals surface area contributed by atoms with E-state index in [1.165, 1.54) is 16.7 Å². The van der Waals surface area contributed by atoms with E-state index in [4.69, 9.17) is 11.6 Å². The van der Waals surface area contributed by atoms with E-state index in [1.807, 2.05) is 6.07 Å². The van der Waals surface area contributed by atoms with Crippen molar-refractivity contribution < 1.29 is 0 Å². The summed E-state index contributed by atoms with van der Waals surface area (Å²) >= 11 is 6.04. The fourth-order valence-corrected chi connectivity index (χ4v) is 2.96. The van der Waals surface area contributed by atoms with Gasteiger partial charge >= 0.3 is 0 Å². The zero-order chi connectivity index (χ0) is 14.1. The number of nitrogens with zero attached hydrogens (tertiary/aromatic N) is 1. The number of anilines is 1. The minimum Gasteiger partial charge on any atom is -0.377 e. The molecule has 1 aliphatic carbocycles. The maximum Gasteiger partial charge on any atom is 0.101 e. The number of halogens is 1. The van der Waals surface area contributed by atoms with Crippen LogP contribution in [0.25, 0.3) is 0 Å². The molecule has 100 valence electrons. The molecule has 0 radical (unpaired) electrons. The number of nitriles is 1. The molecule has 1 N–H and O–H groups in total. The van der Waals surface area contributed by atoms with Crippen molar-refractivity contribution in [1.29, 1.82) is 5.26 Å². The van der Waals surface area contributed by atoms with Gasteiger partial charge in [-0.05, 0) is 49.1 Å². The van der Waals surface area contributed by atoms with Crippen molar-refractivity contribution in [1.82, 2.24) is 0 Å². The van der Waals surface area contributed by atoms with Crippen molar-refractivity contribution in [2.75, 3.05) is 5.32 Å². The molecular weight excluding hydrogens is 268 g/mol. The highest BCUT2D eigenvalue weighted by Crippen LogP contribution is 2.35. The molecule has 3 rings (SSSR count). The molecule has 1 atom stereocenters. The second kappa shape index (κ2) is 5.19. The van der Waals surface area contributed by atoms with Gasteiger partial charge in [-0.3, -0.25) is 0 Å². The lowest BCUT2D eigenvalue weighted by Crippen LogP contribution is -2.08. The van der Waals surface area contributed by atoms with Crippen LogP contribution in [0.3, 0.4) is 0 Å². The summed E-state index contributed by atoms with van der Waals surface area (Å²) in [6.45, 7) is 2.11. The maximum atomic E-state index is 9.19. The van der Waals surface area contributed by atoms with E-state index in [9.17, 15) is 5.26 Å². The molecule has 2 aromatic carbocycles. The van der Waals surface area contributed by atoms with Crippen LogP contribution in [-0.2, 0) is 6.42 Å². The highest BCUT2D eigenvalue weighted by molar-refractivity contribution is 6.30. The Balaban J connectivity index is 1.93. The minimum absolute atomic E-state index is 0.260. The molecule has 0 amide bonds. The van der Waals surface area contributed by atoms with E-state index in [1.54, 1.807) is 12.1 Å². The zero-order valence-electron chi connectivity index (χ0n) is 11.3. The summed E-state index contributed by atoms with van der Waals surface area (Å²) in [6.07, 6.45) is 2.13. The molecular formula is C17H15ClN2. The molecule has 2 aromatic rings. The number of nitrogens with one attached hydrogen (secondary N) is 1. The van der Waals surface area contributed by atoms with Gasteiger partial charge in [-0.1, -0.05) is 35.4 Å². The predicted molar refractivity (Wildman–Crippen MR) is 82.0 cm³/mol. The Hall–Kier alpha value is -1.98. The number of benzene rings is 2. The first-order chi connectivity index (χ1) is 9.67. The van der Waals surface area contributed by atoms with Crippen LogP contribution in [0.15, 0.2) is 36.4 Å². The summed E-state index contributed by atoms with van der Waals surface area (Å²) in [6, 6.07) is 14.4. The first-order valence-electron chi connectivity index (χ1n) is 6.73. The van der Waals surface area contributed by atoms with E-state index in [-0.39, 0.29) is 6.04 Å². The Labute approximate surface area is 124 Å². The summed E-state index contributed by atoms with van der Waals surface area (Å²) in [7, 11) is 0. The summed E-state index contributed by atoms with van der Waals surface area (Å²) in [5, 5.41) is 13.3. The van der Waals surface area contributed by atoms with Gasteiger partial charge in [0.1, 0.15) is 6.07 Å². The molecule has 0 saturated heterocycles. The van der Waals surface area contributed by atoms with Crippen molar-refractivity contribution in [3.05, 3.63) is 63.7 Å². The standard InChI is InChI=1S/C17H15ClN2/c1-11-2-3-12-5-7-16(15(12)8-11)20-17-9-14(18)6-4-13(17)10-19/h2-4,6,8-9,16,20H,5,7H2,1H3. The van der Waals surface area contributed by atoms with E-state index in [0.717, 1.165) is 18.5 Å². The predicted octanol–water partition coefficient (Wildman–Crippen LogP) is 4.62. The molecule has 2 nitrogen and oxygen atoms in total. The van der Waals surface area contributed by atoms with E-state index < -0.39 is 0 Å². The molecule has 0 aromatic heterocycles. The van der Waals surface area contributed by atoms with Gasteiger partial charge < -0.3 is 5.32 Å². The van der Waals surface area contributed by atoms with Crippen LogP contribution in [0.4, 0.5) is 5.69 Å². The highest BCUT2D eigenvalue weighted by atomic mass is 35.5. The molecule has 20 heavy (non-hydrogen) atoms. The molecule has 0 saturated carbocycles. The lowest BCUT2D eigenvalue weighted by Gasteiger charge is -2.17. The number of hydrogen-bond donors (Lipinski definition) is 1. The molecule has 0 bridgehead atoms. The quantitative estimate of drug-likeness (QED) is 0.872. The Morgan fingerprint density at radius 1 is 1.25 bits per heavy atom. The molecule has 0 heterocycles. The SMILES string of the molecule is Cc1ccc2c(c1)C(Nc1cc(Cl)ccc1C#N)CC2. The molecule has 0 fully saturated rings. The lowest BCUT2D eigenvalue weighted by atomic mass is 10.0. The maximum absolute atomic E-state index is 9.19. The Bertz CT molecular complexity index is 701. The van der Waals surface area contributed by atoms with Crippen LogP contribution >= 0.6 is 11.6 Å². The molecule has 1 unspecified atom stereocenters. The normalized spacial score (nSPS) is 16.6. The fourth-order valence-electron chi connectivity index (χ4n) is 2.79. The smallest absolute Gasteiger partial charge is 0.101 e. The Kier molecular flexibility index (Phi) is 3.38. The van der Waals surface area contributed by atoms with Crippen molar-refractivity contribution in [3.63, 3.8) is 0 Å². The van der Waals surface area contributed by atoms with E-state index >= 15 is 0 Å². The molecule has 0 spiro atoms. The molecule has 3 heteroatoms. The van der Waals surface area contributed by atoms with Gasteiger partial charge in [0.25, 0.3) is 0 Å². The summed E-state index contributed by atoms with van der Waals surface area (Å²) in [5.41, 5.74) is 5.46. The second-order valence-corrected chi connectivity index (χ2v) is 5.68. The topological polar surface area (TPSA) is 35.8 Å². The van der Waals surface area contributed by atoms with Gasteiger partial charge in [-0.2, -0.15) is 5.26 Å². The Morgan fingerprint density at radius 2 is 2.10 bits per heavy atom.